The van der Waals surface area contributed by atoms with Crippen molar-refractivity contribution >= 4 is 0 Å². The molecule has 1 aliphatic rings. The second-order valence-electron chi connectivity index (χ2n) is 2.94. The third-order valence-electron chi connectivity index (χ3n) is 2.33. The molecule has 1 unspecified atom stereocenters. The van der Waals surface area contributed by atoms with E-state index in [1.807, 2.05) is 6.07 Å². The minimum Gasteiger partial charge on any atom is -0.330 e. The molecule has 2 N–H and O–H groups in total. The maximum Gasteiger partial charge on any atom is 0.126 e. The molecule has 0 radical (unpaired) electrons. The molecule has 0 spiro atoms. The molecule has 58 valence electrons. The predicted molar refractivity (Wildman–Crippen MR) is 41.9 cm³/mol. The molecule has 1 aromatic carbocycles. The summed E-state index contributed by atoms with van der Waals surface area (Å²) in [6.07, 6.45) is 0.818. The average Bonchev–Trinajstić information content (AvgIpc) is 1.95. The standard InChI is InChI=1S/C9H10FN/c10-9-3-1-2-7-6(5-11)4-8(7)9/h1-3,6H,4-5,11H2. The van der Waals surface area contributed by atoms with Gasteiger partial charge < -0.3 is 5.73 Å². The molecule has 0 amide bonds. The van der Waals surface area contributed by atoms with Crippen LogP contribution in [0.4, 0.5) is 4.39 Å². The van der Waals surface area contributed by atoms with Gasteiger partial charge >= 0.3 is 0 Å². The molecule has 2 rings (SSSR count). The highest BCUT2D eigenvalue weighted by atomic mass is 19.1. The first-order valence-corrected chi connectivity index (χ1v) is 3.80. The van der Waals surface area contributed by atoms with Gasteiger partial charge in [-0.3, -0.25) is 0 Å². The minimum absolute atomic E-state index is 0.0767. The van der Waals surface area contributed by atoms with E-state index in [2.05, 4.69) is 0 Å². The summed E-state index contributed by atoms with van der Waals surface area (Å²) in [6, 6.07) is 5.21. The van der Waals surface area contributed by atoms with Crippen LogP contribution in [0.15, 0.2) is 18.2 Å². The van der Waals surface area contributed by atoms with Crippen LogP contribution in [0.2, 0.25) is 0 Å². The molecule has 0 aliphatic heterocycles. The van der Waals surface area contributed by atoms with Crippen molar-refractivity contribution < 1.29 is 4.39 Å². The molecular formula is C9H10FN. The van der Waals surface area contributed by atoms with Crippen molar-refractivity contribution in [1.82, 2.24) is 0 Å². The van der Waals surface area contributed by atoms with E-state index in [4.69, 9.17) is 5.73 Å². The highest BCUT2D eigenvalue weighted by Crippen LogP contribution is 2.35. The van der Waals surface area contributed by atoms with Crippen molar-refractivity contribution in [3.8, 4) is 0 Å². The summed E-state index contributed by atoms with van der Waals surface area (Å²) in [4.78, 5) is 0. The fraction of sp³-hybridized carbons (Fsp3) is 0.333. The van der Waals surface area contributed by atoms with E-state index >= 15 is 0 Å². The molecule has 1 atom stereocenters. The van der Waals surface area contributed by atoms with Crippen molar-refractivity contribution in [3.63, 3.8) is 0 Å². The Morgan fingerprint density at radius 2 is 2.36 bits per heavy atom. The van der Waals surface area contributed by atoms with E-state index in [0.29, 0.717) is 12.5 Å². The molecule has 0 aromatic heterocycles. The highest BCUT2D eigenvalue weighted by molar-refractivity contribution is 5.41. The van der Waals surface area contributed by atoms with Crippen LogP contribution in [-0.4, -0.2) is 6.54 Å². The predicted octanol–water partition coefficient (Wildman–Crippen LogP) is 1.42. The number of hydrogen-bond acceptors (Lipinski definition) is 1. The van der Waals surface area contributed by atoms with Gasteiger partial charge in [0.05, 0.1) is 0 Å². The van der Waals surface area contributed by atoms with E-state index < -0.39 is 0 Å². The van der Waals surface area contributed by atoms with Crippen LogP contribution in [0.3, 0.4) is 0 Å². The first kappa shape index (κ1) is 6.80. The second kappa shape index (κ2) is 2.31. The van der Waals surface area contributed by atoms with Crippen LogP contribution in [0.1, 0.15) is 17.0 Å². The molecule has 11 heavy (non-hydrogen) atoms. The van der Waals surface area contributed by atoms with Gasteiger partial charge in [0, 0.05) is 5.92 Å². The summed E-state index contributed by atoms with van der Waals surface area (Å²) in [5.41, 5.74) is 7.44. The summed E-state index contributed by atoms with van der Waals surface area (Å²) in [5.74, 6) is 0.327. The van der Waals surface area contributed by atoms with Gasteiger partial charge in [-0.25, -0.2) is 4.39 Å². The van der Waals surface area contributed by atoms with Gasteiger partial charge in [0.25, 0.3) is 0 Å². The number of rotatable bonds is 1. The summed E-state index contributed by atoms with van der Waals surface area (Å²) in [6.45, 7) is 0.635. The SMILES string of the molecule is NCC1Cc2c(F)cccc21. The maximum absolute atomic E-state index is 12.9. The van der Waals surface area contributed by atoms with E-state index in [1.165, 1.54) is 6.07 Å². The second-order valence-corrected chi connectivity index (χ2v) is 2.94. The quantitative estimate of drug-likeness (QED) is 0.645. The lowest BCUT2D eigenvalue weighted by Crippen LogP contribution is -2.25. The van der Waals surface area contributed by atoms with Gasteiger partial charge in [-0.05, 0) is 30.2 Å². The van der Waals surface area contributed by atoms with Crippen LogP contribution < -0.4 is 5.73 Å². The fourth-order valence-electron chi connectivity index (χ4n) is 1.61. The lowest BCUT2D eigenvalue weighted by Gasteiger charge is -2.29. The lowest BCUT2D eigenvalue weighted by atomic mass is 9.77. The summed E-state index contributed by atoms with van der Waals surface area (Å²) < 4.78 is 12.9. The Morgan fingerprint density at radius 3 is 3.09 bits per heavy atom. The molecule has 0 saturated heterocycles. The summed E-state index contributed by atoms with van der Waals surface area (Å²) in [7, 11) is 0. The molecule has 1 nitrogen and oxygen atoms in total. The van der Waals surface area contributed by atoms with Gasteiger partial charge in [-0.2, -0.15) is 0 Å². The van der Waals surface area contributed by atoms with Crippen LogP contribution in [0, 0.1) is 5.82 Å². The zero-order valence-electron chi connectivity index (χ0n) is 6.18. The Morgan fingerprint density at radius 1 is 1.55 bits per heavy atom. The maximum atomic E-state index is 12.9. The first-order valence-electron chi connectivity index (χ1n) is 3.80. The molecular weight excluding hydrogens is 141 g/mol. The first-order chi connectivity index (χ1) is 5.33. The summed E-state index contributed by atoms with van der Waals surface area (Å²) >= 11 is 0. The van der Waals surface area contributed by atoms with Crippen LogP contribution >= 0.6 is 0 Å². The van der Waals surface area contributed by atoms with E-state index in [-0.39, 0.29) is 5.82 Å². The lowest BCUT2D eigenvalue weighted by molar-refractivity contribution is 0.540. The van der Waals surface area contributed by atoms with Gasteiger partial charge in [0.15, 0.2) is 0 Å². The highest BCUT2D eigenvalue weighted by Gasteiger charge is 2.26. The number of fused-ring (bicyclic) bond motifs is 1. The van der Waals surface area contributed by atoms with Gasteiger partial charge in [0.1, 0.15) is 5.82 Å². The zero-order chi connectivity index (χ0) is 7.84. The normalized spacial score (nSPS) is 20.7. The number of benzene rings is 1. The van der Waals surface area contributed by atoms with Crippen molar-refractivity contribution in [2.75, 3.05) is 6.54 Å². The van der Waals surface area contributed by atoms with Gasteiger partial charge in [0.2, 0.25) is 0 Å². The molecule has 0 heterocycles. The Bertz CT molecular complexity index is 283. The molecule has 2 heteroatoms. The topological polar surface area (TPSA) is 26.0 Å². The van der Waals surface area contributed by atoms with Gasteiger partial charge in [-0.1, -0.05) is 12.1 Å². The zero-order valence-corrected chi connectivity index (χ0v) is 6.18. The smallest absolute Gasteiger partial charge is 0.126 e. The van der Waals surface area contributed by atoms with E-state index in [9.17, 15) is 4.39 Å². The number of halogens is 1. The molecule has 0 bridgehead atoms. The Kier molecular flexibility index (Phi) is 1.43. The monoisotopic (exact) mass is 151 g/mol. The van der Waals surface area contributed by atoms with Crippen molar-refractivity contribution in [1.29, 1.82) is 0 Å². The molecule has 1 aromatic rings. The van der Waals surface area contributed by atoms with Crippen LogP contribution in [-0.2, 0) is 6.42 Å². The minimum atomic E-state index is -0.0767. The van der Waals surface area contributed by atoms with Gasteiger partial charge in [-0.15, -0.1) is 0 Å². The van der Waals surface area contributed by atoms with Crippen LogP contribution in [0.5, 0.6) is 0 Å². The van der Waals surface area contributed by atoms with Crippen molar-refractivity contribution in [2.24, 2.45) is 5.73 Å². The van der Waals surface area contributed by atoms with E-state index in [0.717, 1.165) is 17.5 Å². The third kappa shape index (κ3) is 0.862. The Hall–Kier alpha value is -0.890. The Labute approximate surface area is 65.0 Å². The third-order valence-corrected chi connectivity index (χ3v) is 2.33. The van der Waals surface area contributed by atoms with E-state index in [1.54, 1.807) is 6.07 Å². The fourth-order valence-corrected chi connectivity index (χ4v) is 1.61. The Balaban J connectivity index is 2.41. The summed E-state index contributed by atoms with van der Waals surface area (Å²) in [5, 5.41) is 0. The molecule has 0 saturated carbocycles. The number of hydrogen-bond donors (Lipinski definition) is 1. The van der Waals surface area contributed by atoms with Crippen LogP contribution in [0.25, 0.3) is 0 Å². The molecule has 0 fully saturated rings. The average molecular weight is 151 g/mol. The largest absolute Gasteiger partial charge is 0.330 e. The van der Waals surface area contributed by atoms with Crippen molar-refractivity contribution in [2.45, 2.75) is 12.3 Å². The molecule has 1 aliphatic carbocycles. The van der Waals surface area contributed by atoms with Crippen molar-refractivity contribution in [3.05, 3.63) is 35.1 Å². The number of nitrogens with two attached hydrogens (primary N) is 1.